The smallest absolute Gasteiger partial charge is 0.0527 e. The Balaban J connectivity index is 2.09. The van der Waals surface area contributed by atoms with Crippen LogP contribution in [-0.2, 0) is 6.54 Å². The summed E-state index contributed by atoms with van der Waals surface area (Å²) in [5.74, 6) is 0.708. The van der Waals surface area contributed by atoms with E-state index in [0.717, 1.165) is 19.6 Å². The third-order valence-corrected chi connectivity index (χ3v) is 4.08. The molecule has 102 valence electrons. The monoisotopic (exact) mass is 250 g/mol. The highest BCUT2D eigenvalue weighted by atomic mass is 15.3. The molecule has 18 heavy (non-hydrogen) atoms. The highest BCUT2D eigenvalue weighted by Gasteiger charge is 2.27. The standard InChI is InChI=1S/C14H26N4/c1-11(2)18-13(6-7-16-18)10-17-8-4-5-12(3)14(17)9-15/h6-7,11-12,14H,4-5,8-10,15H2,1-3H3. The van der Waals surface area contributed by atoms with E-state index in [9.17, 15) is 0 Å². The number of hydrogen-bond acceptors (Lipinski definition) is 3. The molecule has 1 aliphatic heterocycles. The van der Waals surface area contributed by atoms with Crippen LogP contribution in [0.1, 0.15) is 45.3 Å². The van der Waals surface area contributed by atoms with Crippen LogP contribution in [0.3, 0.4) is 0 Å². The van der Waals surface area contributed by atoms with Crippen molar-refractivity contribution in [3.63, 3.8) is 0 Å². The van der Waals surface area contributed by atoms with Crippen molar-refractivity contribution in [2.75, 3.05) is 13.1 Å². The van der Waals surface area contributed by atoms with Crippen LogP contribution in [0.2, 0.25) is 0 Å². The minimum absolute atomic E-state index is 0.425. The van der Waals surface area contributed by atoms with Crippen LogP contribution < -0.4 is 5.73 Å². The molecule has 2 atom stereocenters. The maximum Gasteiger partial charge on any atom is 0.0527 e. The SMILES string of the molecule is CC1CCCN(Cc2ccnn2C(C)C)C1CN. The van der Waals surface area contributed by atoms with Gasteiger partial charge in [0.05, 0.1) is 5.69 Å². The zero-order valence-corrected chi connectivity index (χ0v) is 11.8. The second-order valence-corrected chi connectivity index (χ2v) is 5.75. The van der Waals surface area contributed by atoms with Gasteiger partial charge in [-0.15, -0.1) is 0 Å². The Labute approximate surface area is 110 Å². The lowest BCUT2D eigenvalue weighted by Gasteiger charge is -2.39. The minimum Gasteiger partial charge on any atom is -0.329 e. The van der Waals surface area contributed by atoms with Crippen molar-refractivity contribution in [2.45, 2.75) is 52.2 Å². The van der Waals surface area contributed by atoms with Gasteiger partial charge in [-0.2, -0.15) is 5.10 Å². The van der Waals surface area contributed by atoms with Gasteiger partial charge in [0.25, 0.3) is 0 Å². The zero-order valence-electron chi connectivity index (χ0n) is 11.8. The van der Waals surface area contributed by atoms with E-state index >= 15 is 0 Å². The lowest BCUT2D eigenvalue weighted by molar-refractivity contribution is 0.0957. The minimum atomic E-state index is 0.425. The largest absolute Gasteiger partial charge is 0.329 e. The van der Waals surface area contributed by atoms with Crippen molar-refractivity contribution in [2.24, 2.45) is 11.7 Å². The maximum atomic E-state index is 5.95. The second-order valence-electron chi connectivity index (χ2n) is 5.75. The van der Waals surface area contributed by atoms with Crippen molar-refractivity contribution in [3.8, 4) is 0 Å². The van der Waals surface area contributed by atoms with Gasteiger partial charge in [-0.3, -0.25) is 9.58 Å². The summed E-state index contributed by atoms with van der Waals surface area (Å²) >= 11 is 0. The van der Waals surface area contributed by atoms with Crippen molar-refractivity contribution in [1.82, 2.24) is 14.7 Å². The molecular formula is C14H26N4. The van der Waals surface area contributed by atoms with Crippen LogP contribution in [0.25, 0.3) is 0 Å². The molecule has 0 amide bonds. The highest BCUT2D eigenvalue weighted by Crippen LogP contribution is 2.24. The second kappa shape index (κ2) is 5.85. The van der Waals surface area contributed by atoms with Crippen LogP contribution in [0.5, 0.6) is 0 Å². The Morgan fingerprint density at radius 3 is 2.94 bits per heavy atom. The zero-order chi connectivity index (χ0) is 13.1. The van der Waals surface area contributed by atoms with E-state index in [4.69, 9.17) is 5.73 Å². The molecule has 2 unspecified atom stereocenters. The molecule has 0 spiro atoms. The summed E-state index contributed by atoms with van der Waals surface area (Å²) in [6, 6.07) is 3.08. The van der Waals surface area contributed by atoms with Crippen LogP contribution in [0.15, 0.2) is 12.3 Å². The molecule has 1 aromatic rings. The molecule has 1 aromatic heterocycles. The molecule has 0 bridgehead atoms. The summed E-state index contributed by atoms with van der Waals surface area (Å²) in [4.78, 5) is 2.53. The molecule has 1 fully saturated rings. The first-order chi connectivity index (χ1) is 8.63. The van der Waals surface area contributed by atoms with E-state index in [1.165, 1.54) is 18.5 Å². The molecule has 0 aliphatic carbocycles. The lowest BCUT2D eigenvalue weighted by Crippen LogP contribution is -2.48. The summed E-state index contributed by atoms with van der Waals surface area (Å²) in [6.07, 6.45) is 4.50. The average Bonchev–Trinajstić information content (AvgIpc) is 2.77. The summed E-state index contributed by atoms with van der Waals surface area (Å²) in [5.41, 5.74) is 7.25. The number of piperidine rings is 1. The molecule has 1 aliphatic rings. The number of nitrogens with zero attached hydrogens (tertiary/aromatic N) is 3. The van der Waals surface area contributed by atoms with Crippen molar-refractivity contribution in [1.29, 1.82) is 0 Å². The number of rotatable bonds is 4. The van der Waals surface area contributed by atoms with Gasteiger partial charge in [-0.1, -0.05) is 6.92 Å². The van der Waals surface area contributed by atoms with E-state index in [1.54, 1.807) is 0 Å². The van der Waals surface area contributed by atoms with Crippen LogP contribution in [-0.4, -0.2) is 33.8 Å². The normalized spacial score (nSPS) is 25.8. The molecular weight excluding hydrogens is 224 g/mol. The molecule has 2 rings (SSSR count). The van der Waals surface area contributed by atoms with Crippen LogP contribution >= 0.6 is 0 Å². The van der Waals surface area contributed by atoms with Gasteiger partial charge in [0.15, 0.2) is 0 Å². The predicted molar refractivity (Wildman–Crippen MR) is 74.3 cm³/mol. The van der Waals surface area contributed by atoms with Crippen LogP contribution in [0, 0.1) is 5.92 Å². The van der Waals surface area contributed by atoms with Crippen molar-refractivity contribution < 1.29 is 0 Å². The Bertz CT molecular complexity index is 372. The summed E-state index contributed by atoms with van der Waals surface area (Å²) in [7, 11) is 0. The van der Waals surface area contributed by atoms with E-state index in [1.807, 2.05) is 6.20 Å². The topological polar surface area (TPSA) is 47.1 Å². The summed E-state index contributed by atoms with van der Waals surface area (Å²) < 4.78 is 2.12. The van der Waals surface area contributed by atoms with Gasteiger partial charge in [-0.25, -0.2) is 0 Å². The lowest BCUT2D eigenvalue weighted by atomic mass is 9.90. The molecule has 2 heterocycles. The quantitative estimate of drug-likeness (QED) is 0.889. The van der Waals surface area contributed by atoms with Gasteiger partial charge in [0.1, 0.15) is 0 Å². The fourth-order valence-electron chi connectivity index (χ4n) is 3.05. The first-order valence-corrected chi connectivity index (χ1v) is 7.10. The van der Waals surface area contributed by atoms with E-state index in [2.05, 4.69) is 41.5 Å². The first-order valence-electron chi connectivity index (χ1n) is 7.10. The predicted octanol–water partition coefficient (Wildman–Crippen LogP) is 2.02. The fourth-order valence-corrected chi connectivity index (χ4v) is 3.05. The molecule has 2 N–H and O–H groups in total. The van der Waals surface area contributed by atoms with Gasteiger partial charge >= 0.3 is 0 Å². The highest BCUT2D eigenvalue weighted by molar-refractivity contribution is 5.02. The third-order valence-electron chi connectivity index (χ3n) is 4.08. The number of hydrogen-bond donors (Lipinski definition) is 1. The Morgan fingerprint density at radius 2 is 2.28 bits per heavy atom. The maximum absolute atomic E-state index is 5.95. The van der Waals surface area contributed by atoms with E-state index in [0.29, 0.717) is 18.0 Å². The van der Waals surface area contributed by atoms with E-state index < -0.39 is 0 Å². The van der Waals surface area contributed by atoms with Gasteiger partial charge < -0.3 is 5.73 Å². The Morgan fingerprint density at radius 1 is 1.50 bits per heavy atom. The first kappa shape index (κ1) is 13.6. The molecule has 4 heteroatoms. The summed E-state index contributed by atoms with van der Waals surface area (Å²) in [6.45, 7) is 9.58. The molecule has 0 aromatic carbocycles. The number of likely N-dealkylation sites (tertiary alicyclic amines) is 1. The van der Waals surface area contributed by atoms with Crippen LogP contribution in [0.4, 0.5) is 0 Å². The molecule has 1 saturated heterocycles. The Hall–Kier alpha value is -0.870. The van der Waals surface area contributed by atoms with Gasteiger partial charge in [-0.05, 0) is 45.2 Å². The van der Waals surface area contributed by atoms with E-state index in [-0.39, 0.29) is 0 Å². The van der Waals surface area contributed by atoms with Crippen molar-refractivity contribution >= 4 is 0 Å². The average molecular weight is 250 g/mol. The summed E-state index contributed by atoms with van der Waals surface area (Å²) in [5, 5.41) is 4.41. The third kappa shape index (κ3) is 2.75. The van der Waals surface area contributed by atoms with Gasteiger partial charge in [0.2, 0.25) is 0 Å². The molecule has 0 radical (unpaired) electrons. The molecule has 0 saturated carbocycles. The van der Waals surface area contributed by atoms with Gasteiger partial charge in [0, 0.05) is 31.4 Å². The Kier molecular flexibility index (Phi) is 4.40. The molecule has 4 nitrogen and oxygen atoms in total. The van der Waals surface area contributed by atoms with Crippen molar-refractivity contribution in [3.05, 3.63) is 18.0 Å². The fraction of sp³-hybridized carbons (Fsp3) is 0.786. The number of nitrogens with two attached hydrogens (primary N) is 1. The number of aromatic nitrogens is 2.